The molecule has 1 saturated heterocycles. The Bertz CT molecular complexity index is 601. The maximum atomic E-state index is 11.9. The number of hydrogen-bond donors (Lipinski definition) is 1. The Morgan fingerprint density at radius 2 is 2.19 bits per heavy atom. The minimum Gasteiger partial charge on any atom is -0.481 e. The van der Waals surface area contributed by atoms with Gasteiger partial charge in [-0.2, -0.15) is 0 Å². The largest absolute Gasteiger partial charge is 0.481 e. The van der Waals surface area contributed by atoms with Gasteiger partial charge in [0.1, 0.15) is 0 Å². The molecule has 1 aliphatic rings. The van der Waals surface area contributed by atoms with Crippen molar-refractivity contribution < 1.29 is 24.2 Å². The van der Waals surface area contributed by atoms with E-state index < -0.39 is 17.9 Å². The molecule has 112 valence electrons. The standard InChI is InChI=1S/C14H14BrNO5/c1-2-21-14(20)8-3-4-11(10(15)5-8)16-7-9(13(18)19)6-12(16)17/h3-5,9H,2,6-7H2,1H3,(H,18,19). The Hall–Kier alpha value is -1.89. The van der Waals surface area contributed by atoms with Gasteiger partial charge in [0.2, 0.25) is 5.91 Å². The Morgan fingerprint density at radius 3 is 2.71 bits per heavy atom. The number of rotatable bonds is 4. The van der Waals surface area contributed by atoms with E-state index in [0.717, 1.165) is 0 Å². The highest BCUT2D eigenvalue weighted by atomic mass is 79.9. The van der Waals surface area contributed by atoms with Gasteiger partial charge in [0.05, 0.1) is 23.8 Å². The molecule has 0 bridgehead atoms. The maximum absolute atomic E-state index is 11.9. The molecule has 1 fully saturated rings. The van der Waals surface area contributed by atoms with Crippen LogP contribution in [-0.2, 0) is 14.3 Å². The number of carboxylic acids is 1. The van der Waals surface area contributed by atoms with E-state index in [-0.39, 0.29) is 25.5 Å². The van der Waals surface area contributed by atoms with Crippen LogP contribution >= 0.6 is 15.9 Å². The van der Waals surface area contributed by atoms with Crippen molar-refractivity contribution in [2.24, 2.45) is 5.92 Å². The minimum absolute atomic E-state index is 0.0125. The Kier molecular flexibility index (Phi) is 4.62. The molecule has 0 aromatic heterocycles. The lowest BCUT2D eigenvalue weighted by molar-refractivity contribution is -0.141. The van der Waals surface area contributed by atoms with Crippen LogP contribution in [0.25, 0.3) is 0 Å². The number of carbonyl (C=O) groups is 3. The molecule has 21 heavy (non-hydrogen) atoms. The molecule has 1 N–H and O–H groups in total. The molecule has 1 aliphatic heterocycles. The van der Waals surface area contributed by atoms with E-state index in [4.69, 9.17) is 9.84 Å². The molecule has 1 aromatic carbocycles. The highest BCUT2D eigenvalue weighted by molar-refractivity contribution is 9.10. The van der Waals surface area contributed by atoms with E-state index in [1.54, 1.807) is 25.1 Å². The third-order valence-corrected chi connectivity index (χ3v) is 3.86. The minimum atomic E-state index is -0.981. The Morgan fingerprint density at radius 1 is 1.48 bits per heavy atom. The van der Waals surface area contributed by atoms with E-state index in [2.05, 4.69) is 15.9 Å². The maximum Gasteiger partial charge on any atom is 0.338 e. The summed E-state index contributed by atoms with van der Waals surface area (Å²) in [5.41, 5.74) is 0.922. The van der Waals surface area contributed by atoms with Crippen LogP contribution in [0.1, 0.15) is 23.7 Å². The van der Waals surface area contributed by atoms with Crippen LogP contribution in [0.4, 0.5) is 5.69 Å². The summed E-state index contributed by atoms with van der Waals surface area (Å²) in [7, 11) is 0. The average Bonchev–Trinajstić information content (AvgIpc) is 2.81. The van der Waals surface area contributed by atoms with Gasteiger partial charge in [-0.15, -0.1) is 0 Å². The highest BCUT2D eigenvalue weighted by Gasteiger charge is 2.35. The third kappa shape index (κ3) is 3.24. The van der Waals surface area contributed by atoms with Gasteiger partial charge < -0.3 is 14.7 Å². The molecule has 0 radical (unpaired) electrons. The first kappa shape index (κ1) is 15.5. The molecule has 1 aromatic rings. The molecule has 2 rings (SSSR count). The van der Waals surface area contributed by atoms with Gasteiger partial charge >= 0.3 is 11.9 Å². The van der Waals surface area contributed by atoms with Crippen molar-refractivity contribution in [3.8, 4) is 0 Å². The van der Waals surface area contributed by atoms with Gasteiger partial charge in [-0.25, -0.2) is 4.79 Å². The molecule has 0 spiro atoms. The number of anilines is 1. The smallest absolute Gasteiger partial charge is 0.338 e. The molecule has 0 saturated carbocycles. The van der Waals surface area contributed by atoms with Crippen LogP contribution in [-0.4, -0.2) is 36.1 Å². The zero-order valence-corrected chi connectivity index (χ0v) is 12.9. The third-order valence-electron chi connectivity index (χ3n) is 3.22. The first-order chi connectivity index (χ1) is 9.93. The van der Waals surface area contributed by atoms with Gasteiger partial charge in [-0.1, -0.05) is 0 Å². The number of nitrogens with zero attached hydrogens (tertiary/aromatic N) is 1. The van der Waals surface area contributed by atoms with E-state index >= 15 is 0 Å². The summed E-state index contributed by atoms with van der Waals surface area (Å²) in [6.45, 7) is 2.13. The van der Waals surface area contributed by atoms with Crippen molar-refractivity contribution in [2.45, 2.75) is 13.3 Å². The van der Waals surface area contributed by atoms with Crippen LogP contribution < -0.4 is 4.90 Å². The fourth-order valence-electron chi connectivity index (χ4n) is 2.17. The molecule has 1 unspecified atom stereocenters. The summed E-state index contributed by atoms with van der Waals surface area (Å²) in [6, 6.07) is 4.73. The van der Waals surface area contributed by atoms with Gasteiger partial charge in [0, 0.05) is 17.4 Å². The lowest BCUT2D eigenvalue weighted by Gasteiger charge is -2.18. The van der Waals surface area contributed by atoms with Crippen molar-refractivity contribution in [3.05, 3.63) is 28.2 Å². The summed E-state index contributed by atoms with van der Waals surface area (Å²) in [5.74, 6) is -2.37. The predicted molar refractivity (Wildman–Crippen MR) is 78.2 cm³/mol. The zero-order chi connectivity index (χ0) is 15.6. The summed E-state index contributed by atoms with van der Waals surface area (Å²) in [6.07, 6.45) is -0.0125. The lowest BCUT2D eigenvalue weighted by atomic mass is 10.1. The van der Waals surface area contributed by atoms with Gasteiger partial charge in [0.25, 0.3) is 0 Å². The molecular formula is C14H14BrNO5. The first-order valence-corrected chi connectivity index (χ1v) is 7.23. The number of esters is 1. The summed E-state index contributed by atoms with van der Waals surface area (Å²) < 4.78 is 5.45. The van der Waals surface area contributed by atoms with Gasteiger partial charge in [0.15, 0.2) is 0 Å². The molecule has 6 nitrogen and oxygen atoms in total. The molecular weight excluding hydrogens is 342 g/mol. The number of aliphatic carboxylic acids is 1. The first-order valence-electron chi connectivity index (χ1n) is 6.44. The summed E-state index contributed by atoms with van der Waals surface area (Å²) >= 11 is 3.31. The van der Waals surface area contributed by atoms with E-state index in [0.29, 0.717) is 15.7 Å². The number of halogens is 1. The van der Waals surface area contributed by atoms with E-state index in [1.165, 1.54) is 4.90 Å². The van der Waals surface area contributed by atoms with Crippen molar-refractivity contribution >= 4 is 39.5 Å². The molecule has 1 atom stereocenters. The monoisotopic (exact) mass is 355 g/mol. The predicted octanol–water partition coefficient (Wildman–Crippen LogP) is 2.06. The number of amides is 1. The quantitative estimate of drug-likeness (QED) is 0.835. The number of ether oxygens (including phenoxy) is 1. The van der Waals surface area contributed by atoms with Crippen molar-refractivity contribution in [2.75, 3.05) is 18.1 Å². The Labute approximate surface area is 129 Å². The van der Waals surface area contributed by atoms with Crippen molar-refractivity contribution in [1.29, 1.82) is 0 Å². The van der Waals surface area contributed by atoms with Crippen molar-refractivity contribution in [3.63, 3.8) is 0 Å². The number of carbonyl (C=O) groups excluding carboxylic acids is 2. The second-order valence-corrected chi connectivity index (χ2v) is 5.48. The fraction of sp³-hybridized carbons (Fsp3) is 0.357. The van der Waals surface area contributed by atoms with Crippen LogP contribution in [0.2, 0.25) is 0 Å². The second kappa shape index (κ2) is 6.26. The summed E-state index contributed by atoms with van der Waals surface area (Å²) in [4.78, 5) is 35.9. The second-order valence-electron chi connectivity index (χ2n) is 4.63. The number of benzene rings is 1. The molecule has 1 amide bonds. The van der Waals surface area contributed by atoms with Crippen LogP contribution in [0.5, 0.6) is 0 Å². The van der Waals surface area contributed by atoms with Crippen LogP contribution in [0.3, 0.4) is 0 Å². The lowest BCUT2D eigenvalue weighted by Crippen LogP contribution is -2.26. The summed E-state index contributed by atoms with van der Waals surface area (Å²) in [5, 5.41) is 8.99. The number of hydrogen-bond acceptors (Lipinski definition) is 4. The van der Waals surface area contributed by atoms with Crippen molar-refractivity contribution in [1.82, 2.24) is 0 Å². The zero-order valence-electron chi connectivity index (χ0n) is 11.3. The van der Waals surface area contributed by atoms with Crippen LogP contribution in [0.15, 0.2) is 22.7 Å². The SMILES string of the molecule is CCOC(=O)c1ccc(N2CC(C(=O)O)CC2=O)c(Br)c1. The molecule has 1 heterocycles. The Balaban J connectivity index is 2.24. The molecule has 0 aliphatic carbocycles. The molecule has 7 heteroatoms. The van der Waals surface area contributed by atoms with E-state index in [1.807, 2.05) is 0 Å². The van der Waals surface area contributed by atoms with Gasteiger partial charge in [-0.3, -0.25) is 9.59 Å². The van der Waals surface area contributed by atoms with Gasteiger partial charge in [-0.05, 0) is 41.1 Å². The van der Waals surface area contributed by atoms with E-state index in [9.17, 15) is 14.4 Å². The number of carboxylic acid groups (broad SMARTS) is 1. The average molecular weight is 356 g/mol. The topological polar surface area (TPSA) is 83.9 Å². The van der Waals surface area contributed by atoms with Crippen LogP contribution in [0, 0.1) is 5.92 Å². The normalized spacial score (nSPS) is 17.9. The highest BCUT2D eigenvalue weighted by Crippen LogP contribution is 2.32. The fourth-order valence-corrected chi connectivity index (χ4v) is 2.77.